The number of ether oxygens (including phenoxy) is 1. The fourth-order valence-electron chi connectivity index (χ4n) is 7.84. The molecule has 1 N–H and O–H groups in total. The van der Waals surface area contributed by atoms with Crippen LogP contribution >= 0.6 is 39.3 Å². The molecule has 1 aliphatic heterocycles. The number of likely N-dealkylation sites (tertiary alicyclic amines) is 1. The van der Waals surface area contributed by atoms with Crippen LogP contribution in [0.1, 0.15) is 72.7 Å². The van der Waals surface area contributed by atoms with E-state index in [0.29, 0.717) is 12.3 Å². The Labute approximate surface area is 337 Å². The number of carbonyl (C=O) groups is 1. The van der Waals surface area contributed by atoms with Gasteiger partial charge in [-0.15, -0.1) is 11.8 Å². The predicted octanol–water partition coefficient (Wildman–Crippen LogP) is 11.1. The molecule has 2 heterocycles. The number of thioether (sulfide) groups is 1. The van der Waals surface area contributed by atoms with E-state index in [1.54, 1.807) is 0 Å². The number of piperidine rings is 1. The molecule has 5 nitrogen and oxygen atoms in total. The summed E-state index contributed by atoms with van der Waals surface area (Å²) in [6.45, 7) is 8.20. The van der Waals surface area contributed by atoms with Crippen molar-refractivity contribution >= 4 is 51.0 Å². The van der Waals surface area contributed by atoms with Crippen molar-refractivity contribution in [2.45, 2.75) is 62.8 Å². The molecule has 278 valence electrons. The predicted molar refractivity (Wildman–Crippen MR) is 227 cm³/mol. The molecule has 0 bridgehead atoms. The Balaban J connectivity index is 1.19. The fourth-order valence-corrected chi connectivity index (χ4v) is 9.96. The summed E-state index contributed by atoms with van der Waals surface area (Å²) in [7, 11) is 0. The number of alkyl carbamates (subject to hydrolysis) is 1. The number of hydrogen-bond acceptors (Lipinski definition) is 5. The molecule has 1 aromatic heterocycles. The molecule has 54 heavy (non-hydrogen) atoms. The molecule has 2 aliphatic rings. The quantitative estimate of drug-likeness (QED) is 0.150. The van der Waals surface area contributed by atoms with Crippen molar-refractivity contribution in [1.82, 2.24) is 15.2 Å². The van der Waals surface area contributed by atoms with E-state index in [-0.39, 0.29) is 12.1 Å². The van der Waals surface area contributed by atoms with Crippen molar-refractivity contribution < 1.29 is 9.53 Å². The van der Waals surface area contributed by atoms with Crippen LogP contribution in [0.5, 0.6) is 0 Å². The molecule has 8 heteroatoms. The Morgan fingerprint density at radius 1 is 0.833 bits per heavy atom. The van der Waals surface area contributed by atoms with Crippen LogP contribution in [0.2, 0.25) is 5.02 Å². The van der Waals surface area contributed by atoms with E-state index in [1.807, 2.05) is 44.8 Å². The Hall–Kier alpha value is -3.88. The van der Waals surface area contributed by atoms with Crippen molar-refractivity contribution in [3.05, 3.63) is 176 Å². The lowest BCUT2D eigenvalue weighted by Crippen LogP contribution is -2.48. The van der Waals surface area contributed by atoms with Gasteiger partial charge in [0.2, 0.25) is 0 Å². The normalized spacial score (nSPS) is 15.5. The first-order chi connectivity index (χ1) is 26.1. The summed E-state index contributed by atoms with van der Waals surface area (Å²) in [6.07, 6.45) is 5.21. The van der Waals surface area contributed by atoms with Crippen LogP contribution in [0.15, 0.2) is 132 Å². The zero-order valence-corrected chi connectivity index (χ0v) is 34.3. The van der Waals surface area contributed by atoms with Gasteiger partial charge >= 0.3 is 6.09 Å². The van der Waals surface area contributed by atoms with Gasteiger partial charge in [0.15, 0.2) is 0 Å². The molecule has 1 unspecified atom stereocenters. The Morgan fingerprint density at radius 2 is 1.41 bits per heavy atom. The van der Waals surface area contributed by atoms with Crippen molar-refractivity contribution in [3.63, 3.8) is 0 Å². The van der Waals surface area contributed by atoms with Crippen LogP contribution in [0.25, 0.3) is 5.57 Å². The summed E-state index contributed by atoms with van der Waals surface area (Å²) in [6, 6.07) is 40.5. The smallest absolute Gasteiger partial charge is 0.407 e. The van der Waals surface area contributed by atoms with Crippen LogP contribution in [0, 0.1) is 0 Å². The van der Waals surface area contributed by atoms with Crippen molar-refractivity contribution in [3.8, 4) is 0 Å². The summed E-state index contributed by atoms with van der Waals surface area (Å²) >= 11 is 12.0. The molecule has 1 atom stereocenters. The third kappa shape index (κ3) is 8.81. The molecule has 7 rings (SSSR count). The number of carbonyl (C=O) groups excluding carboxylic acids is 1. The maximum Gasteiger partial charge on any atom is 0.407 e. The van der Waals surface area contributed by atoms with E-state index >= 15 is 0 Å². The zero-order valence-electron chi connectivity index (χ0n) is 31.2. The van der Waals surface area contributed by atoms with Crippen LogP contribution in [0.3, 0.4) is 0 Å². The molecule has 4 aromatic carbocycles. The molecule has 0 radical (unpaired) electrons. The highest BCUT2D eigenvalue weighted by molar-refractivity contribution is 9.10. The first kappa shape index (κ1) is 38.4. The monoisotopic (exact) mass is 819 g/mol. The number of nitrogens with zero attached hydrogens (tertiary/aromatic N) is 2. The first-order valence-corrected chi connectivity index (χ1v) is 20.9. The van der Waals surface area contributed by atoms with Crippen LogP contribution in [0.4, 0.5) is 4.79 Å². The van der Waals surface area contributed by atoms with Gasteiger partial charge in [0, 0.05) is 46.7 Å². The second-order valence-corrected chi connectivity index (χ2v) is 17.8. The van der Waals surface area contributed by atoms with Gasteiger partial charge in [-0.1, -0.05) is 114 Å². The molecule has 0 saturated carbocycles. The lowest BCUT2D eigenvalue weighted by molar-refractivity contribution is 0.0497. The van der Waals surface area contributed by atoms with Gasteiger partial charge in [-0.2, -0.15) is 0 Å². The average molecular weight is 821 g/mol. The molecular formula is C46H47BrClN3O2S. The Kier molecular flexibility index (Phi) is 12.0. The maximum absolute atomic E-state index is 13.4. The molecular weight excluding hydrogens is 774 g/mol. The van der Waals surface area contributed by atoms with Crippen LogP contribution < -0.4 is 5.32 Å². The lowest BCUT2D eigenvalue weighted by atomic mass is 9.84. The standard InChI is InChI=1S/C46H47BrClN3O2S/c1-45(2,3)53-44(52)50-40(31-54-46(35-13-7-4-8-14-35,36-15-9-5-10-16-36)37-17-11-6-12-18-37)30-51-25-23-32(24-26-51)42-41-22-21-39(48)28-33(41)19-20-34-27-38(47)29-49-43(34)42/h4-18,21-22,27-29,40H,19-20,23-26,30-31H2,1-3H3,(H,50,52). The summed E-state index contributed by atoms with van der Waals surface area (Å²) in [5.41, 5.74) is 10.6. The van der Waals surface area contributed by atoms with Crippen LogP contribution in [-0.2, 0) is 22.3 Å². The number of benzene rings is 4. The van der Waals surface area contributed by atoms with E-state index in [4.69, 9.17) is 21.3 Å². The number of pyridine rings is 1. The second kappa shape index (κ2) is 16.9. The van der Waals surface area contributed by atoms with Crippen molar-refractivity contribution in [1.29, 1.82) is 0 Å². The molecule has 1 saturated heterocycles. The largest absolute Gasteiger partial charge is 0.444 e. The van der Waals surface area contributed by atoms with E-state index in [2.05, 4.69) is 135 Å². The van der Waals surface area contributed by atoms with Gasteiger partial charge in [0.25, 0.3) is 0 Å². The third-order valence-electron chi connectivity index (χ3n) is 10.2. The van der Waals surface area contributed by atoms with E-state index in [9.17, 15) is 4.79 Å². The topological polar surface area (TPSA) is 54.5 Å². The zero-order chi connectivity index (χ0) is 37.7. The van der Waals surface area contributed by atoms with E-state index < -0.39 is 10.3 Å². The van der Waals surface area contributed by atoms with Gasteiger partial charge in [0.05, 0.1) is 16.5 Å². The highest BCUT2D eigenvalue weighted by atomic mass is 79.9. The van der Waals surface area contributed by atoms with E-state index in [0.717, 1.165) is 54.0 Å². The minimum Gasteiger partial charge on any atom is -0.444 e. The highest BCUT2D eigenvalue weighted by Gasteiger charge is 2.38. The number of aryl methyl sites for hydroxylation is 2. The summed E-state index contributed by atoms with van der Waals surface area (Å²) in [5, 5.41) is 4.07. The fraction of sp³-hybridized carbons (Fsp3) is 0.304. The first-order valence-electron chi connectivity index (χ1n) is 18.8. The summed E-state index contributed by atoms with van der Waals surface area (Å²) < 4.78 is 6.33. The SMILES string of the molecule is CC(C)(C)OC(=O)NC(CSC(c1ccccc1)(c1ccccc1)c1ccccc1)CN1CCC(=C2c3ccc(Cl)cc3CCc3cc(Br)cnc32)CC1. The average Bonchev–Trinajstić information content (AvgIpc) is 3.32. The minimum absolute atomic E-state index is 0.171. The third-order valence-corrected chi connectivity index (χ3v) is 12.6. The number of nitrogens with one attached hydrogen (secondary N) is 1. The molecule has 1 aliphatic carbocycles. The summed E-state index contributed by atoms with van der Waals surface area (Å²) in [5.74, 6) is 0.669. The number of amides is 1. The van der Waals surface area contributed by atoms with Crippen LogP contribution in [-0.4, -0.2) is 53.0 Å². The molecule has 1 amide bonds. The number of aromatic nitrogens is 1. The minimum atomic E-state index is -0.602. The van der Waals surface area contributed by atoms with Gasteiger partial charge < -0.3 is 15.0 Å². The van der Waals surface area contributed by atoms with Gasteiger partial charge in [0.1, 0.15) is 5.60 Å². The van der Waals surface area contributed by atoms with Crippen molar-refractivity contribution in [2.75, 3.05) is 25.4 Å². The van der Waals surface area contributed by atoms with E-state index in [1.165, 1.54) is 44.5 Å². The van der Waals surface area contributed by atoms with Crippen molar-refractivity contribution in [2.24, 2.45) is 0 Å². The lowest BCUT2D eigenvalue weighted by Gasteiger charge is -2.38. The summed E-state index contributed by atoms with van der Waals surface area (Å²) in [4.78, 5) is 20.9. The molecule has 0 spiro atoms. The number of rotatable bonds is 9. The number of halogens is 2. The van der Waals surface area contributed by atoms with Gasteiger partial charge in [-0.25, -0.2) is 4.79 Å². The number of fused-ring (bicyclic) bond motifs is 2. The maximum atomic E-state index is 13.4. The molecule has 5 aromatic rings. The Morgan fingerprint density at radius 3 is 1.98 bits per heavy atom. The molecule has 1 fully saturated rings. The highest BCUT2D eigenvalue weighted by Crippen LogP contribution is 2.49. The number of hydrogen-bond donors (Lipinski definition) is 1. The Bertz CT molecular complexity index is 1940. The second-order valence-electron chi connectivity index (χ2n) is 15.2. The van der Waals surface area contributed by atoms with Gasteiger partial charge in [-0.05, 0) is 114 Å². The van der Waals surface area contributed by atoms with Gasteiger partial charge in [-0.3, -0.25) is 4.98 Å².